The predicted octanol–water partition coefficient (Wildman–Crippen LogP) is 2.68. The molecular weight excluding hydrogens is 421 g/mol. The maximum atomic E-state index is 12.4. The van der Waals surface area contributed by atoms with Gasteiger partial charge in [-0.15, -0.1) is 0 Å². The highest BCUT2D eigenvalue weighted by Crippen LogP contribution is 2.47. The monoisotopic (exact) mass is 449 g/mol. The van der Waals surface area contributed by atoms with Gasteiger partial charge >= 0.3 is 13.6 Å². The fourth-order valence-electron chi connectivity index (χ4n) is 2.21. The van der Waals surface area contributed by atoms with Gasteiger partial charge in [0.25, 0.3) is 10.0 Å². The number of hydrogen-bond acceptors (Lipinski definition) is 7. The van der Waals surface area contributed by atoms with Gasteiger partial charge in [0.05, 0.1) is 18.1 Å². The topological polar surface area (TPSA) is 140 Å². The summed E-state index contributed by atoms with van der Waals surface area (Å²) < 4.78 is 48.8. The van der Waals surface area contributed by atoms with E-state index in [0.717, 1.165) is 12.8 Å². The third-order valence-electron chi connectivity index (χ3n) is 3.48. The number of sulfonamides is 1. The van der Waals surface area contributed by atoms with Gasteiger partial charge in [0, 0.05) is 12.2 Å². The molecule has 0 unspecified atom stereocenters. The summed E-state index contributed by atoms with van der Waals surface area (Å²) in [6, 6.07) is 4.38. The van der Waals surface area contributed by atoms with E-state index >= 15 is 0 Å². The van der Waals surface area contributed by atoms with Gasteiger partial charge in [-0.05, 0) is 44.5 Å². The summed E-state index contributed by atoms with van der Waals surface area (Å²) in [6.07, 6.45) is 1.14. The van der Waals surface area contributed by atoms with Crippen LogP contribution in [0, 0.1) is 0 Å². The highest BCUT2D eigenvalue weighted by Gasteiger charge is 2.27. The third kappa shape index (κ3) is 8.95. The zero-order valence-corrected chi connectivity index (χ0v) is 18.5. The van der Waals surface area contributed by atoms with Gasteiger partial charge in [0.2, 0.25) is 5.91 Å². The molecule has 164 valence electrons. The number of amides is 3. The fraction of sp³-hybridized carbons (Fsp3) is 0.529. The zero-order valence-electron chi connectivity index (χ0n) is 16.8. The number of unbranched alkanes of at least 4 members (excludes halogenated alkanes) is 1. The molecule has 29 heavy (non-hydrogen) atoms. The Hall–Kier alpha value is -1.94. The molecule has 0 fully saturated rings. The molecule has 3 N–H and O–H groups in total. The van der Waals surface area contributed by atoms with Crippen LogP contribution in [0.3, 0.4) is 0 Å². The fourth-order valence-corrected chi connectivity index (χ4v) is 4.61. The largest absolute Gasteiger partial charge is 0.340 e. The maximum Gasteiger partial charge on any atom is 0.340 e. The van der Waals surface area contributed by atoms with E-state index in [1.165, 1.54) is 24.3 Å². The van der Waals surface area contributed by atoms with Crippen LogP contribution in [-0.2, 0) is 28.4 Å². The molecule has 0 aliphatic rings. The molecule has 0 aromatic heterocycles. The van der Waals surface area contributed by atoms with Crippen LogP contribution in [-0.4, -0.2) is 46.3 Å². The van der Waals surface area contributed by atoms with E-state index in [1.54, 1.807) is 13.8 Å². The second kappa shape index (κ2) is 11.9. The summed E-state index contributed by atoms with van der Waals surface area (Å²) in [5.41, 5.74) is 0.292. The number of rotatable bonds is 12. The van der Waals surface area contributed by atoms with Crippen molar-refractivity contribution in [3.05, 3.63) is 24.3 Å². The smallest absolute Gasteiger partial charge is 0.337 e. The van der Waals surface area contributed by atoms with Crippen LogP contribution < -0.4 is 15.4 Å². The molecule has 0 radical (unpaired) electrons. The molecule has 0 heterocycles. The Balaban J connectivity index is 2.72. The number of carbonyl (C=O) groups is 2. The van der Waals surface area contributed by atoms with Gasteiger partial charge in [0.1, 0.15) is 6.16 Å². The quantitative estimate of drug-likeness (QED) is 0.329. The molecular formula is C17H28N3O7PS. The standard InChI is InChI=1S/C17H28N3O7PS/c1-4-7-12-18-17(22)20-29(24,25)15-10-8-14(9-11-15)19-16(21)13-28(23,26-5-2)27-6-3/h8-11H,4-7,12-13H2,1-3H3,(H,19,21)(H2,18,20,22). The minimum absolute atomic E-state index is 0.135. The van der Waals surface area contributed by atoms with Crippen LogP contribution in [0.2, 0.25) is 0 Å². The Labute approximate surface area is 171 Å². The Morgan fingerprint density at radius 2 is 1.62 bits per heavy atom. The molecule has 0 saturated carbocycles. The number of nitrogens with one attached hydrogen (secondary N) is 3. The molecule has 10 nitrogen and oxygen atoms in total. The summed E-state index contributed by atoms with van der Waals surface area (Å²) in [5.74, 6) is -0.598. The minimum Gasteiger partial charge on any atom is -0.337 e. The summed E-state index contributed by atoms with van der Waals surface area (Å²) in [6.45, 7) is 5.87. The van der Waals surface area contributed by atoms with Gasteiger partial charge in [-0.3, -0.25) is 9.36 Å². The van der Waals surface area contributed by atoms with Crippen LogP contribution in [0.5, 0.6) is 0 Å². The molecule has 0 aliphatic carbocycles. The Kier molecular flexibility index (Phi) is 10.3. The molecule has 1 aromatic carbocycles. The third-order valence-corrected chi connectivity index (χ3v) is 6.80. The van der Waals surface area contributed by atoms with E-state index in [4.69, 9.17) is 9.05 Å². The molecule has 1 rings (SSSR count). The lowest BCUT2D eigenvalue weighted by Crippen LogP contribution is -2.39. The molecule has 12 heteroatoms. The second-order valence-corrected chi connectivity index (χ2v) is 9.63. The molecule has 0 saturated heterocycles. The van der Waals surface area contributed by atoms with Gasteiger partial charge in [-0.2, -0.15) is 0 Å². The van der Waals surface area contributed by atoms with E-state index < -0.39 is 35.7 Å². The summed E-state index contributed by atoms with van der Waals surface area (Å²) in [7, 11) is -7.58. The zero-order chi connectivity index (χ0) is 21.9. The van der Waals surface area contributed by atoms with Crippen molar-refractivity contribution in [3.8, 4) is 0 Å². The van der Waals surface area contributed by atoms with E-state index in [1.807, 2.05) is 11.6 Å². The van der Waals surface area contributed by atoms with Crippen LogP contribution in [0.1, 0.15) is 33.6 Å². The number of carbonyl (C=O) groups excluding carboxylic acids is 2. The normalized spacial score (nSPS) is 11.7. The van der Waals surface area contributed by atoms with Crippen molar-refractivity contribution < 1.29 is 31.6 Å². The number of anilines is 1. The van der Waals surface area contributed by atoms with E-state index in [9.17, 15) is 22.6 Å². The highest BCUT2D eigenvalue weighted by atomic mass is 32.2. The summed E-state index contributed by atoms with van der Waals surface area (Å²) in [4.78, 5) is 23.6. The Morgan fingerprint density at radius 3 is 2.14 bits per heavy atom. The number of hydrogen-bond donors (Lipinski definition) is 3. The lowest BCUT2D eigenvalue weighted by molar-refractivity contribution is -0.114. The Morgan fingerprint density at radius 1 is 1.03 bits per heavy atom. The first-order valence-electron chi connectivity index (χ1n) is 9.24. The minimum atomic E-state index is -4.04. The average molecular weight is 449 g/mol. The lowest BCUT2D eigenvalue weighted by Gasteiger charge is -2.16. The first-order chi connectivity index (χ1) is 13.7. The Bertz CT molecular complexity index is 818. The molecule has 0 spiro atoms. The number of urea groups is 1. The van der Waals surface area contributed by atoms with Crippen LogP contribution in [0.25, 0.3) is 0 Å². The second-order valence-electron chi connectivity index (χ2n) is 5.89. The molecule has 0 bridgehead atoms. The highest BCUT2D eigenvalue weighted by molar-refractivity contribution is 7.90. The molecule has 1 aromatic rings. The van der Waals surface area contributed by atoms with Crippen molar-refractivity contribution in [2.45, 2.75) is 38.5 Å². The van der Waals surface area contributed by atoms with E-state index in [0.29, 0.717) is 12.2 Å². The number of benzene rings is 1. The summed E-state index contributed by atoms with van der Waals surface area (Å²) >= 11 is 0. The van der Waals surface area contributed by atoms with Gasteiger partial charge < -0.3 is 19.7 Å². The van der Waals surface area contributed by atoms with Crippen molar-refractivity contribution in [3.63, 3.8) is 0 Å². The van der Waals surface area contributed by atoms with Crippen LogP contribution in [0.4, 0.5) is 10.5 Å². The van der Waals surface area contributed by atoms with E-state index in [-0.39, 0.29) is 18.1 Å². The van der Waals surface area contributed by atoms with Crippen molar-refractivity contribution in [2.24, 2.45) is 0 Å². The van der Waals surface area contributed by atoms with E-state index in [2.05, 4.69) is 10.6 Å². The van der Waals surface area contributed by atoms with Gasteiger partial charge in [0.15, 0.2) is 0 Å². The molecule has 0 aliphatic heterocycles. The lowest BCUT2D eigenvalue weighted by atomic mass is 10.3. The van der Waals surface area contributed by atoms with Gasteiger partial charge in [-0.1, -0.05) is 13.3 Å². The SMILES string of the molecule is CCCCNC(=O)NS(=O)(=O)c1ccc(NC(=O)CP(=O)(OCC)OCC)cc1. The molecule has 0 atom stereocenters. The van der Waals surface area contributed by atoms with Crippen molar-refractivity contribution in [1.29, 1.82) is 0 Å². The van der Waals surface area contributed by atoms with Crippen LogP contribution >= 0.6 is 7.60 Å². The van der Waals surface area contributed by atoms with Crippen molar-refractivity contribution in [1.82, 2.24) is 10.0 Å². The summed E-state index contributed by atoms with van der Waals surface area (Å²) in [5, 5.41) is 4.96. The first kappa shape index (κ1) is 25.1. The van der Waals surface area contributed by atoms with Crippen LogP contribution in [0.15, 0.2) is 29.2 Å². The maximum absolute atomic E-state index is 12.4. The van der Waals surface area contributed by atoms with Crippen molar-refractivity contribution in [2.75, 3.05) is 31.2 Å². The van der Waals surface area contributed by atoms with Gasteiger partial charge in [-0.25, -0.2) is 17.9 Å². The molecule has 3 amide bonds. The first-order valence-corrected chi connectivity index (χ1v) is 12.5. The van der Waals surface area contributed by atoms with Crippen molar-refractivity contribution >= 4 is 35.2 Å². The predicted molar refractivity (Wildman–Crippen MR) is 109 cm³/mol. The average Bonchev–Trinajstić information content (AvgIpc) is 2.62.